The largest absolute Gasteiger partial charge is 0.444 e. The molecule has 1 fully saturated rings. The van der Waals surface area contributed by atoms with E-state index in [1.807, 2.05) is 12.1 Å². The third kappa shape index (κ3) is 7.26. The average Bonchev–Trinajstić information content (AvgIpc) is 2.59. The van der Waals surface area contributed by atoms with E-state index in [0.29, 0.717) is 19.8 Å². The highest BCUT2D eigenvalue weighted by molar-refractivity contribution is 5.77. The number of amides is 2. The number of morpholine rings is 1. The predicted octanol–water partition coefficient (Wildman–Crippen LogP) is 1.45. The maximum atomic E-state index is 11.9. The van der Waals surface area contributed by atoms with Crippen molar-refractivity contribution in [2.75, 3.05) is 37.7 Å². The number of pyridine rings is 1. The van der Waals surface area contributed by atoms with Gasteiger partial charge in [0.05, 0.1) is 13.2 Å². The Labute approximate surface area is 154 Å². The van der Waals surface area contributed by atoms with Gasteiger partial charge in [-0.15, -0.1) is 0 Å². The van der Waals surface area contributed by atoms with Gasteiger partial charge in [-0.25, -0.2) is 9.78 Å². The smallest absolute Gasteiger partial charge is 0.407 e. The van der Waals surface area contributed by atoms with Crippen molar-refractivity contribution in [1.82, 2.24) is 15.6 Å². The molecule has 0 unspecified atom stereocenters. The van der Waals surface area contributed by atoms with E-state index in [4.69, 9.17) is 9.47 Å². The Morgan fingerprint density at radius 2 is 2.00 bits per heavy atom. The second-order valence-corrected chi connectivity index (χ2v) is 7.08. The van der Waals surface area contributed by atoms with E-state index in [0.717, 1.165) is 24.5 Å². The molecule has 2 N–H and O–H groups in total. The number of carbonyl (C=O) groups excluding carboxylic acids is 2. The van der Waals surface area contributed by atoms with Crippen LogP contribution < -0.4 is 15.5 Å². The minimum Gasteiger partial charge on any atom is -0.444 e. The highest BCUT2D eigenvalue weighted by atomic mass is 16.6. The van der Waals surface area contributed by atoms with Crippen LogP contribution >= 0.6 is 0 Å². The van der Waals surface area contributed by atoms with E-state index in [2.05, 4.69) is 20.5 Å². The molecule has 0 spiro atoms. The van der Waals surface area contributed by atoms with Crippen molar-refractivity contribution >= 4 is 17.8 Å². The Bertz CT molecular complexity index is 609. The predicted molar refractivity (Wildman–Crippen MR) is 98.0 cm³/mol. The Kier molecular flexibility index (Phi) is 7.20. The molecule has 0 aromatic carbocycles. The summed E-state index contributed by atoms with van der Waals surface area (Å²) in [6, 6.07) is 3.85. The molecule has 2 amide bonds. The standard InChI is InChI=1S/C18H28N4O4/c1-18(2,3)26-17(24)20-7-5-16(23)21-13-14-4-6-19-15(12-14)22-8-10-25-11-9-22/h4,6,12H,5,7-11,13H2,1-3H3,(H,20,24)(H,21,23). The zero-order valence-corrected chi connectivity index (χ0v) is 15.7. The Balaban J connectivity index is 1.71. The monoisotopic (exact) mass is 364 g/mol. The van der Waals surface area contributed by atoms with Crippen molar-refractivity contribution in [2.45, 2.75) is 39.3 Å². The van der Waals surface area contributed by atoms with Crippen LogP contribution in [0.15, 0.2) is 18.3 Å². The van der Waals surface area contributed by atoms with Gasteiger partial charge in [-0.05, 0) is 38.5 Å². The molecule has 144 valence electrons. The molecule has 8 nitrogen and oxygen atoms in total. The molecule has 1 aromatic heterocycles. The first-order valence-corrected chi connectivity index (χ1v) is 8.85. The van der Waals surface area contributed by atoms with E-state index in [1.54, 1.807) is 27.0 Å². The van der Waals surface area contributed by atoms with E-state index in [1.165, 1.54) is 0 Å². The van der Waals surface area contributed by atoms with E-state index in [-0.39, 0.29) is 18.9 Å². The normalized spacial score (nSPS) is 14.7. The average molecular weight is 364 g/mol. The van der Waals surface area contributed by atoms with Crippen LogP contribution in [0.25, 0.3) is 0 Å². The number of anilines is 1. The van der Waals surface area contributed by atoms with Gasteiger partial charge in [0.25, 0.3) is 0 Å². The maximum Gasteiger partial charge on any atom is 0.407 e. The van der Waals surface area contributed by atoms with Gasteiger partial charge in [0.2, 0.25) is 5.91 Å². The second-order valence-electron chi connectivity index (χ2n) is 7.08. The molecule has 8 heteroatoms. The molecule has 0 aliphatic carbocycles. The highest BCUT2D eigenvalue weighted by Crippen LogP contribution is 2.14. The molecule has 2 heterocycles. The maximum absolute atomic E-state index is 11.9. The number of hydrogen-bond acceptors (Lipinski definition) is 6. The number of nitrogens with zero attached hydrogens (tertiary/aromatic N) is 2. The van der Waals surface area contributed by atoms with Gasteiger partial charge < -0.3 is 25.0 Å². The lowest BCUT2D eigenvalue weighted by Gasteiger charge is -2.28. The van der Waals surface area contributed by atoms with Crippen molar-refractivity contribution < 1.29 is 19.1 Å². The Morgan fingerprint density at radius 3 is 2.69 bits per heavy atom. The zero-order valence-electron chi connectivity index (χ0n) is 15.7. The molecule has 1 aliphatic heterocycles. The van der Waals surface area contributed by atoms with Gasteiger partial charge >= 0.3 is 6.09 Å². The van der Waals surface area contributed by atoms with Crippen molar-refractivity contribution in [3.05, 3.63) is 23.9 Å². The number of alkyl carbamates (subject to hydrolysis) is 1. The fraction of sp³-hybridized carbons (Fsp3) is 0.611. The quantitative estimate of drug-likeness (QED) is 0.794. The summed E-state index contributed by atoms with van der Waals surface area (Å²) in [6.45, 7) is 9.07. The fourth-order valence-corrected chi connectivity index (χ4v) is 2.42. The summed E-state index contributed by atoms with van der Waals surface area (Å²) in [4.78, 5) is 30.0. The molecule has 0 atom stereocenters. The minimum atomic E-state index is -0.550. The minimum absolute atomic E-state index is 0.134. The van der Waals surface area contributed by atoms with Gasteiger partial charge in [-0.1, -0.05) is 0 Å². The molecule has 0 saturated carbocycles. The fourth-order valence-electron chi connectivity index (χ4n) is 2.42. The first kappa shape index (κ1) is 20.0. The third-order valence-corrected chi connectivity index (χ3v) is 3.65. The van der Waals surface area contributed by atoms with Crippen LogP contribution in [0.3, 0.4) is 0 Å². The lowest BCUT2D eigenvalue weighted by molar-refractivity contribution is -0.121. The summed E-state index contributed by atoms with van der Waals surface area (Å²) in [5.41, 5.74) is 0.432. The van der Waals surface area contributed by atoms with Crippen molar-refractivity contribution in [2.24, 2.45) is 0 Å². The zero-order chi connectivity index (χ0) is 19.0. The summed E-state index contributed by atoms with van der Waals surface area (Å²) in [5.74, 6) is 0.762. The molecular weight excluding hydrogens is 336 g/mol. The molecule has 1 aromatic rings. The SMILES string of the molecule is CC(C)(C)OC(=O)NCCC(=O)NCc1ccnc(N2CCOCC2)c1. The summed E-state index contributed by atoms with van der Waals surface area (Å²) in [6.07, 6.45) is 1.42. The van der Waals surface area contributed by atoms with Crippen molar-refractivity contribution in [3.63, 3.8) is 0 Å². The molecule has 1 aliphatic rings. The highest BCUT2D eigenvalue weighted by Gasteiger charge is 2.16. The molecule has 2 rings (SSSR count). The molecule has 0 radical (unpaired) electrons. The van der Waals surface area contributed by atoms with E-state index >= 15 is 0 Å². The van der Waals surface area contributed by atoms with Crippen molar-refractivity contribution in [3.8, 4) is 0 Å². The Hall–Kier alpha value is -2.35. The molecule has 26 heavy (non-hydrogen) atoms. The summed E-state index contributed by atoms with van der Waals surface area (Å²) in [7, 11) is 0. The first-order valence-electron chi connectivity index (χ1n) is 8.85. The number of aromatic nitrogens is 1. The lowest BCUT2D eigenvalue weighted by atomic mass is 10.2. The number of nitrogens with one attached hydrogen (secondary N) is 2. The van der Waals surface area contributed by atoms with E-state index in [9.17, 15) is 9.59 Å². The van der Waals surface area contributed by atoms with Crippen LogP contribution in [-0.4, -0.2) is 55.4 Å². The van der Waals surface area contributed by atoms with Crippen LogP contribution in [0, 0.1) is 0 Å². The van der Waals surface area contributed by atoms with Gasteiger partial charge in [-0.2, -0.15) is 0 Å². The lowest BCUT2D eigenvalue weighted by Crippen LogP contribution is -2.37. The summed E-state index contributed by atoms with van der Waals surface area (Å²) in [5, 5.41) is 5.42. The molecular formula is C18H28N4O4. The van der Waals surface area contributed by atoms with Gasteiger partial charge in [0.1, 0.15) is 11.4 Å². The van der Waals surface area contributed by atoms with Crippen LogP contribution in [-0.2, 0) is 20.8 Å². The Morgan fingerprint density at radius 1 is 1.27 bits per heavy atom. The third-order valence-electron chi connectivity index (χ3n) is 3.65. The van der Waals surface area contributed by atoms with Gasteiger partial charge in [-0.3, -0.25) is 4.79 Å². The van der Waals surface area contributed by atoms with Crippen LogP contribution in [0.4, 0.5) is 10.6 Å². The molecule has 0 bridgehead atoms. The topological polar surface area (TPSA) is 92.8 Å². The number of hydrogen-bond donors (Lipinski definition) is 2. The number of ether oxygens (including phenoxy) is 2. The van der Waals surface area contributed by atoms with Gasteiger partial charge in [0, 0.05) is 38.8 Å². The molecule has 1 saturated heterocycles. The number of rotatable bonds is 6. The first-order chi connectivity index (χ1) is 12.3. The summed E-state index contributed by atoms with van der Waals surface area (Å²) >= 11 is 0. The summed E-state index contributed by atoms with van der Waals surface area (Å²) < 4.78 is 10.5. The number of carbonyl (C=O) groups is 2. The van der Waals surface area contributed by atoms with Gasteiger partial charge in [0.15, 0.2) is 0 Å². The van der Waals surface area contributed by atoms with Crippen LogP contribution in [0.5, 0.6) is 0 Å². The van der Waals surface area contributed by atoms with E-state index < -0.39 is 11.7 Å². The van der Waals surface area contributed by atoms with Crippen LogP contribution in [0.2, 0.25) is 0 Å². The van der Waals surface area contributed by atoms with Crippen LogP contribution in [0.1, 0.15) is 32.8 Å². The second kappa shape index (κ2) is 9.38. The van der Waals surface area contributed by atoms with Crippen molar-refractivity contribution in [1.29, 1.82) is 0 Å².